The number of nitrogens with one attached hydrogen (secondary N) is 3. The highest BCUT2D eigenvalue weighted by Crippen LogP contribution is 2.32. The maximum Gasteiger partial charge on any atom is 0.417 e. The number of alkyl halides is 3. The Morgan fingerprint density at radius 3 is 2.76 bits per heavy atom. The van der Waals surface area contributed by atoms with Crippen LogP contribution in [0.3, 0.4) is 0 Å². The third-order valence-corrected chi connectivity index (χ3v) is 3.74. The summed E-state index contributed by atoms with van der Waals surface area (Å²) in [5.41, 5.74) is 4.33. The number of amidine groups is 1. The number of hydrogen-bond acceptors (Lipinski definition) is 5. The van der Waals surface area contributed by atoms with Crippen molar-refractivity contribution in [1.29, 1.82) is 5.41 Å². The highest BCUT2D eigenvalue weighted by atomic mass is 35.5. The molecule has 8 nitrogen and oxygen atoms in total. The van der Waals surface area contributed by atoms with Gasteiger partial charge in [0.15, 0.2) is 0 Å². The van der Waals surface area contributed by atoms with Gasteiger partial charge in [-0.1, -0.05) is 11.6 Å². The summed E-state index contributed by atoms with van der Waals surface area (Å²) in [5, 5.41) is 11.9. The van der Waals surface area contributed by atoms with E-state index in [1.54, 1.807) is 0 Å². The van der Waals surface area contributed by atoms with Crippen LogP contribution in [0.4, 0.5) is 23.8 Å². The molecule has 0 bridgehead atoms. The van der Waals surface area contributed by atoms with Gasteiger partial charge >= 0.3 is 12.2 Å². The van der Waals surface area contributed by atoms with E-state index in [0.717, 1.165) is 6.07 Å². The molecule has 2 heterocycles. The molecule has 0 spiro atoms. The Hall–Kier alpha value is -2.56. The summed E-state index contributed by atoms with van der Waals surface area (Å²) in [6.07, 6.45) is -3.90. The van der Waals surface area contributed by atoms with Crippen LogP contribution in [0.2, 0.25) is 5.02 Å². The van der Waals surface area contributed by atoms with E-state index < -0.39 is 29.6 Å². The molecule has 1 aliphatic heterocycles. The number of pyridine rings is 1. The summed E-state index contributed by atoms with van der Waals surface area (Å²) >= 11 is 5.76. The Labute approximate surface area is 145 Å². The number of nitrogens with zero attached hydrogens (tertiary/aromatic N) is 2. The number of aromatic nitrogens is 1. The lowest BCUT2D eigenvalue weighted by Gasteiger charge is -2.31. The molecule has 1 atom stereocenters. The zero-order valence-electron chi connectivity index (χ0n) is 12.7. The highest BCUT2D eigenvalue weighted by molar-refractivity contribution is 6.32. The number of rotatable bonds is 5. The van der Waals surface area contributed by atoms with Gasteiger partial charge in [-0.2, -0.15) is 13.2 Å². The van der Waals surface area contributed by atoms with Gasteiger partial charge in [0.1, 0.15) is 17.6 Å². The fourth-order valence-corrected chi connectivity index (χ4v) is 2.36. The van der Waals surface area contributed by atoms with E-state index in [0.29, 0.717) is 6.20 Å². The average Bonchev–Trinajstić information content (AvgIpc) is 2.49. The second kappa shape index (κ2) is 7.13. The van der Waals surface area contributed by atoms with Crippen molar-refractivity contribution in [3.05, 3.63) is 22.8 Å². The molecule has 1 fully saturated rings. The highest BCUT2D eigenvalue weighted by Gasteiger charge is 2.34. The van der Waals surface area contributed by atoms with Crippen LogP contribution in [-0.2, 0) is 11.0 Å². The van der Waals surface area contributed by atoms with Crippen molar-refractivity contribution in [3.63, 3.8) is 0 Å². The molecule has 0 radical (unpaired) electrons. The second-order valence-corrected chi connectivity index (χ2v) is 5.63. The third kappa shape index (κ3) is 4.50. The molecule has 12 heteroatoms. The second-order valence-electron chi connectivity index (χ2n) is 5.23. The maximum atomic E-state index is 12.5. The molecule has 136 valence electrons. The van der Waals surface area contributed by atoms with Gasteiger partial charge in [-0.25, -0.2) is 9.78 Å². The molecule has 0 aliphatic carbocycles. The monoisotopic (exact) mass is 378 g/mol. The summed E-state index contributed by atoms with van der Waals surface area (Å²) in [5.74, 6) is -1.92. The zero-order valence-corrected chi connectivity index (χ0v) is 13.4. The Morgan fingerprint density at radius 1 is 1.52 bits per heavy atom. The van der Waals surface area contributed by atoms with Crippen LogP contribution in [-0.4, -0.2) is 47.3 Å². The van der Waals surface area contributed by atoms with Gasteiger partial charge in [-0.05, 0) is 6.07 Å². The Kier molecular flexibility index (Phi) is 5.36. The normalized spacial score (nSPS) is 18.1. The fourth-order valence-electron chi connectivity index (χ4n) is 2.12. The SMILES string of the molecule is N=C(N)[C@H]1CN(CCNc2ncc(C(F)(F)F)cc2Cl)C(=O)NC1=O. The molecular formula is C13H14ClF3N6O2. The number of carbonyl (C=O) groups is 2. The maximum absolute atomic E-state index is 12.5. The van der Waals surface area contributed by atoms with Crippen molar-refractivity contribution in [2.45, 2.75) is 6.18 Å². The Bertz CT molecular complexity index is 711. The van der Waals surface area contributed by atoms with E-state index in [9.17, 15) is 22.8 Å². The smallest absolute Gasteiger partial charge is 0.387 e. The number of nitrogens with two attached hydrogens (primary N) is 1. The number of hydrogen-bond donors (Lipinski definition) is 4. The number of carbonyl (C=O) groups excluding carboxylic acids is 2. The van der Waals surface area contributed by atoms with Crippen molar-refractivity contribution in [3.8, 4) is 0 Å². The van der Waals surface area contributed by atoms with Crippen LogP contribution in [0.25, 0.3) is 0 Å². The van der Waals surface area contributed by atoms with Gasteiger partial charge in [0.25, 0.3) is 0 Å². The largest absolute Gasteiger partial charge is 0.417 e. The lowest BCUT2D eigenvalue weighted by Crippen LogP contribution is -2.58. The predicted molar refractivity (Wildman–Crippen MR) is 83.3 cm³/mol. The van der Waals surface area contributed by atoms with Gasteiger partial charge < -0.3 is 16.0 Å². The first-order valence-electron chi connectivity index (χ1n) is 7.00. The zero-order chi connectivity index (χ0) is 18.8. The van der Waals surface area contributed by atoms with E-state index in [4.69, 9.17) is 22.7 Å². The van der Waals surface area contributed by atoms with Crippen LogP contribution in [0, 0.1) is 11.3 Å². The Morgan fingerprint density at radius 2 is 2.20 bits per heavy atom. The lowest BCUT2D eigenvalue weighted by atomic mass is 10.1. The first kappa shape index (κ1) is 18.8. The van der Waals surface area contributed by atoms with Crippen LogP contribution < -0.4 is 16.4 Å². The van der Waals surface area contributed by atoms with Gasteiger partial charge in [-0.3, -0.25) is 15.5 Å². The summed E-state index contributed by atoms with van der Waals surface area (Å²) < 4.78 is 37.6. The fraction of sp³-hybridized carbons (Fsp3) is 0.385. The predicted octanol–water partition coefficient (Wildman–Crippen LogP) is 1.27. The van der Waals surface area contributed by atoms with Crippen LogP contribution >= 0.6 is 11.6 Å². The van der Waals surface area contributed by atoms with E-state index >= 15 is 0 Å². The molecular weight excluding hydrogens is 365 g/mol. The molecule has 0 saturated carbocycles. The van der Waals surface area contributed by atoms with E-state index in [1.807, 2.05) is 0 Å². The van der Waals surface area contributed by atoms with E-state index in [2.05, 4.69) is 15.6 Å². The molecule has 0 unspecified atom stereocenters. The number of anilines is 1. The van der Waals surface area contributed by atoms with Crippen LogP contribution in [0.1, 0.15) is 5.56 Å². The number of halogens is 4. The van der Waals surface area contributed by atoms with Gasteiger partial charge in [0.05, 0.1) is 10.6 Å². The van der Waals surface area contributed by atoms with E-state index in [-0.39, 0.29) is 36.3 Å². The van der Waals surface area contributed by atoms with Gasteiger partial charge in [0, 0.05) is 25.8 Å². The van der Waals surface area contributed by atoms with Crippen molar-refractivity contribution in [2.24, 2.45) is 11.7 Å². The quantitative estimate of drug-likeness (QED) is 0.453. The van der Waals surface area contributed by atoms with Gasteiger partial charge in [0.2, 0.25) is 5.91 Å². The third-order valence-electron chi connectivity index (χ3n) is 3.45. The molecule has 1 aromatic rings. The minimum Gasteiger partial charge on any atom is -0.387 e. The Balaban J connectivity index is 1.95. The summed E-state index contributed by atoms with van der Waals surface area (Å²) in [4.78, 5) is 28.1. The van der Waals surface area contributed by atoms with E-state index in [1.165, 1.54) is 4.90 Å². The van der Waals surface area contributed by atoms with Crippen LogP contribution in [0.5, 0.6) is 0 Å². The molecule has 0 aromatic carbocycles. The van der Waals surface area contributed by atoms with Crippen LogP contribution in [0.15, 0.2) is 12.3 Å². The summed E-state index contributed by atoms with van der Waals surface area (Å²) in [7, 11) is 0. The molecule has 2 rings (SSSR count). The number of urea groups is 1. The molecule has 1 saturated heterocycles. The summed E-state index contributed by atoms with van der Waals surface area (Å²) in [6, 6.07) is 0.102. The van der Waals surface area contributed by atoms with Gasteiger partial charge in [-0.15, -0.1) is 0 Å². The molecule has 1 aliphatic rings. The minimum atomic E-state index is -4.55. The molecule has 25 heavy (non-hydrogen) atoms. The topological polar surface area (TPSA) is 124 Å². The average molecular weight is 379 g/mol. The molecule has 1 aromatic heterocycles. The standard InChI is InChI=1S/C13H14ClF3N6O2/c14-8-3-6(13(15,16)17)4-21-10(8)20-1-2-23-5-7(9(18)19)11(24)22-12(23)25/h3-4,7H,1-2,5H2,(H3,18,19)(H,20,21)(H,22,24,25)/t7-/m1/s1. The summed E-state index contributed by atoms with van der Waals surface area (Å²) in [6.45, 7) is 0.155. The lowest BCUT2D eigenvalue weighted by molar-refractivity contribution is -0.137. The number of imide groups is 1. The first-order chi connectivity index (χ1) is 11.6. The minimum absolute atomic E-state index is 0.0336. The number of amides is 3. The molecule has 3 amide bonds. The van der Waals surface area contributed by atoms with Crippen molar-refractivity contribution in [2.75, 3.05) is 25.0 Å². The molecule has 5 N–H and O–H groups in total. The van der Waals surface area contributed by atoms with Crippen molar-refractivity contribution < 1.29 is 22.8 Å². The van der Waals surface area contributed by atoms with Crippen molar-refractivity contribution >= 4 is 35.2 Å². The first-order valence-corrected chi connectivity index (χ1v) is 7.37. The van der Waals surface area contributed by atoms with Crippen molar-refractivity contribution in [1.82, 2.24) is 15.2 Å².